The van der Waals surface area contributed by atoms with Crippen molar-refractivity contribution in [2.45, 2.75) is 45.4 Å². The largest absolute Gasteiger partial charge is 0.372 e. The summed E-state index contributed by atoms with van der Waals surface area (Å²) in [5.41, 5.74) is 5.96. The first kappa shape index (κ1) is 17.4. The summed E-state index contributed by atoms with van der Waals surface area (Å²) in [6.45, 7) is 5.73. The summed E-state index contributed by atoms with van der Waals surface area (Å²) in [5, 5.41) is 6.86. The van der Waals surface area contributed by atoms with Crippen LogP contribution in [0.2, 0.25) is 0 Å². The van der Waals surface area contributed by atoms with E-state index in [4.69, 9.17) is 10.5 Å². The van der Waals surface area contributed by atoms with Crippen molar-refractivity contribution in [3.8, 4) is 0 Å². The van der Waals surface area contributed by atoms with Crippen LogP contribution in [0.1, 0.15) is 26.7 Å². The first-order valence-electron chi connectivity index (χ1n) is 7.93. The van der Waals surface area contributed by atoms with Crippen LogP contribution in [-0.4, -0.2) is 58.3 Å². The van der Waals surface area contributed by atoms with Gasteiger partial charge in [-0.1, -0.05) is 0 Å². The Hall–Kier alpha value is -1.93. The fourth-order valence-corrected chi connectivity index (χ4v) is 2.62. The Morgan fingerprint density at radius 3 is 2.74 bits per heavy atom. The average molecular weight is 323 g/mol. The van der Waals surface area contributed by atoms with Gasteiger partial charge in [0.25, 0.3) is 0 Å². The van der Waals surface area contributed by atoms with E-state index in [2.05, 4.69) is 10.4 Å². The third kappa shape index (κ3) is 5.33. The van der Waals surface area contributed by atoms with Gasteiger partial charge in [-0.25, -0.2) is 0 Å². The highest BCUT2D eigenvalue weighted by atomic mass is 16.5. The van der Waals surface area contributed by atoms with E-state index < -0.39 is 0 Å². The summed E-state index contributed by atoms with van der Waals surface area (Å²) >= 11 is 0. The zero-order valence-corrected chi connectivity index (χ0v) is 13.7. The van der Waals surface area contributed by atoms with E-state index in [9.17, 15) is 9.59 Å². The number of amides is 2. The first-order valence-corrected chi connectivity index (χ1v) is 7.93. The lowest BCUT2D eigenvalue weighted by atomic mass is 10.2. The maximum atomic E-state index is 12.3. The number of nitrogens with two attached hydrogens (primary N) is 1. The fourth-order valence-electron chi connectivity index (χ4n) is 2.62. The van der Waals surface area contributed by atoms with Crippen molar-refractivity contribution < 1.29 is 14.3 Å². The third-order valence-electron chi connectivity index (χ3n) is 3.59. The number of carbonyl (C=O) groups is 2. The number of hydrogen-bond acceptors (Lipinski definition) is 5. The number of morpholine rings is 1. The Kier molecular flexibility index (Phi) is 6.12. The standard InChI is InChI=1S/C15H25N5O3/c1-11-7-19(8-12(2)23-11)15(22)10-20-9-13(6-17-20)18-14(21)4-3-5-16/h6,9,11-12H,3-5,7-8,10,16H2,1-2H3,(H,18,21). The Morgan fingerprint density at radius 1 is 1.39 bits per heavy atom. The lowest BCUT2D eigenvalue weighted by Crippen LogP contribution is -2.49. The molecule has 2 amide bonds. The Labute approximate surface area is 135 Å². The topological polar surface area (TPSA) is 102 Å². The molecule has 8 nitrogen and oxygen atoms in total. The molecule has 2 atom stereocenters. The second-order valence-electron chi connectivity index (χ2n) is 5.92. The zero-order chi connectivity index (χ0) is 16.8. The van der Waals surface area contributed by atoms with Gasteiger partial charge in [0.05, 0.1) is 24.1 Å². The quantitative estimate of drug-likeness (QED) is 0.778. The maximum absolute atomic E-state index is 12.3. The van der Waals surface area contributed by atoms with E-state index in [1.165, 1.54) is 10.9 Å². The van der Waals surface area contributed by atoms with Gasteiger partial charge in [0.1, 0.15) is 6.54 Å². The zero-order valence-electron chi connectivity index (χ0n) is 13.7. The molecule has 2 rings (SSSR count). The van der Waals surface area contributed by atoms with Crippen LogP contribution >= 0.6 is 0 Å². The number of ether oxygens (including phenoxy) is 1. The molecule has 1 aliphatic heterocycles. The smallest absolute Gasteiger partial charge is 0.244 e. The van der Waals surface area contributed by atoms with E-state index >= 15 is 0 Å². The molecule has 128 valence electrons. The van der Waals surface area contributed by atoms with Crippen LogP contribution in [0.25, 0.3) is 0 Å². The summed E-state index contributed by atoms with van der Waals surface area (Å²) < 4.78 is 7.16. The number of carbonyl (C=O) groups excluding carboxylic acids is 2. The molecular formula is C15H25N5O3. The molecule has 0 aliphatic carbocycles. The molecule has 1 aliphatic rings. The number of aromatic nitrogens is 2. The second kappa shape index (κ2) is 8.07. The molecule has 0 saturated carbocycles. The molecule has 0 spiro atoms. The normalized spacial score (nSPS) is 21.3. The van der Waals surface area contributed by atoms with Gasteiger partial charge in [-0.3, -0.25) is 14.3 Å². The van der Waals surface area contributed by atoms with Gasteiger partial charge in [-0.05, 0) is 26.8 Å². The Bertz CT molecular complexity index is 535. The molecule has 3 N–H and O–H groups in total. The first-order chi connectivity index (χ1) is 11.0. The summed E-state index contributed by atoms with van der Waals surface area (Å²) in [5.74, 6) is -0.103. The van der Waals surface area contributed by atoms with Crippen molar-refractivity contribution >= 4 is 17.5 Å². The Balaban J connectivity index is 1.86. The van der Waals surface area contributed by atoms with Crippen LogP contribution in [0.3, 0.4) is 0 Å². The minimum Gasteiger partial charge on any atom is -0.372 e. The van der Waals surface area contributed by atoms with Crippen molar-refractivity contribution in [2.24, 2.45) is 5.73 Å². The minimum absolute atomic E-state index is 0.00360. The fraction of sp³-hybridized carbons (Fsp3) is 0.667. The molecule has 8 heteroatoms. The van der Waals surface area contributed by atoms with Crippen molar-refractivity contribution in [3.63, 3.8) is 0 Å². The van der Waals surface area contributed by atoms with Crippen molar-refractivity contribution in [3.05, 3.63) is 12.4 Å². The van der Waals surface area contributed by atoms with Crippen LogP contribution < -0.4 is 11.1 Å². The van der Waals surface area contributed by atoms with Crippen LogP contribution in [0, 0.1) is 0 Å². The number of nitrogens with one attached hydrogen (secondary N) is 1. The van der Waals surface area contributed by atoms with Crippen molar-refractivity contribution in [2.75, 3.05) is 25.0 Å². The molecule has 1 fully saturated rings. The summed E-state index contributed by atoms with van der Waals surface area (Å²) in [4.78, 5) is 25.8. The lowest BCUT2D eigenvalue weighted by Gasteiger charge is -2.35. The SMILES string of the molecule is CC1CN(C(=O)Cn2cc(NC(=O)CCCN)cn2)CC(C)O1. The van der Waals surface area contributed by atoms with Gasteiger partial charge < -0.3 is 20.7 Å². The monoisotopic (exact) mass is 323 g/mol. The van der Waals surface area contributed by atoms with Crippen molar-refractivity contribution in [1.82, 2.24) is 14.7 Å². The number of nitrogens with zero attached hydrogens (tertiary/aromatic N) is 3. The predicted octanol–water partition coefficient (Wildman–Crippen LogP) is 0.196. The summed E-state index contributed by atoms with van der Waals surface area (Å²) in [6, 6.07) is 0. The lowest BCUT2D eigenvalue weighted by molar-refractivity contribution is -0.144. The van der Waals surface area contributed by atoms with Crippen LogP contribution in [0.15, 0.2) is 12.4 Å². The van der Waals surface area contributed by atoms with Crippen LogP contribution in [0.5, 0.6) is 0 Å². The molecule has 0 radical (unpaired) electrons. The second-order valence-corrected chi connectivity index (χ2v) is 5.92. The minimum atomic E-state index is -0.0999. The van der Waals surface area contributed by atoms with Crippen LogP contribution in [-0.2, 0) is 20.9 Å². The van der Waals surface area contributed by atoms with E-state index in [1.54, 1.807) is 11.1 Å². The molecular weight excluding hydrogens is 298 g/mol. The van der Waals surface area contributed by atoms with Gasteiger partial charge in [0, 0.05) is 25.7 Å². The molecule has 2 unspecified atom stereocenters. The summed E-state index contributed by atoms with van der Waals surface area (Å²) in [7, 11) is 0. The molecule has 2 heterocycles. The van der Waals surface area contributed by atoms with Gasteiger partial charge >= 0.3 is 0 Å². The highest BCUT2D eigenvalue weighted by Crippen LogP contribution is 2.12. The highest BCUT2D eigenvalue weighted by molar-refractivity contribution is 5.90. The van der Waals surface area contributed by atoms with Crippen molar-refractivity contribution in [1.29, 1.82) is 0 Å². The van der Waals surface area contributed by atoms with Gasteiger partial charge in [-0.2, -0.15) is 5.10 Å². The van der Waals surface area contributed by atoms with Crippen LogP contribution in [0.4, 0.5) is 5.69 Å². The molecule has 1 aromatic rings. The molecule has 1 aromatic heterocycles. The van der Waals surface area contributed by atoms with E-state index in [0.29, 0.717) is 38.2 Å². The molecule has 23 heavy (non-hydrogen) atoms. The van der Waals surface area contributed by atoms with Gasteiger partial charge in [0.15, 0.2) is 0 Å². The molecule has 0 aromatic carbocycles. The molecule has 0 bridgehead atoms. The van der Waals surface area contributed by atoms with Gasteiger partial charge in [0.2, 0.25) is 11.8 Å². The third-order valence-corrected chi connectivity index (χ3v) is 3.59. The van der Waals surface area contributed by atoms with E-state index in [1.807, 2.05) is 13.8 Å². The van der Waals surface area contributed by atoms with Gasteiger partial charge in [-0.15, -0.1) is 0 Å². The number of anilines is 1. The Morgan fingerprint density at radius 2 is 2.09 bits per heavy atom. The maximum Gasteiger partial charge on any atom is 0.244 e. The number of rotatable bonds is 6. The average Bonchev–Trinajstić information content (AvgIpc) is 2.91. The molecule has 1 saturated heterocycles. The van der Waals surface area contributed by atoms with E-state index in [0.717, 1.165) is 0 Å². The highest BCUT2D eigenvalue weighted by Gasteiger charge is 2.25. The number of hydrogen-bond donors (Lipinski definition) is 2. The van der Waals surface area contributed by atoms with E-state index in [-0.39, 0.29) is 30.6 Å². The summed E-state index contributed by atoms with van der Waals surface area (Å²) in [6.07, 6.45) is 4.30. The predicted molar refractivity (Wildman–Crippen MR) is 85.7 cm³/mol.